The molecule has 0 aliphatic carbocycles. The van der Waals surface area contributed by atoms with Crippen LogP contribution in [0.15, 0.2) is 42.6 Å². The zero-order valence-electron chi connectivity index (χ0n) is 11.9. The molecule has 2 aromatic rings. The van der Waals surface area contributed by atoms with Gasteiger partial charge in [-0.2, -0.15) is 0 Å². The van der Waals surface area contributed by atoms with Crippen LogP contribution in [0.5, 0.6) is 11.5 Å². The van der Waals surface area contributed by atoms with Crippen LogP contribution in [0.1, 0.15) is 11.3 Å². The molecular weight excluding hydrogens is 252 g/mol. The number of hydrogen-bond acceptors (Lipinski definition) is 4. The Morgan fingerprint density at radius 1 is 1.10 bits per heavy atom. The van der Waals surface area contributed by atoms with E-state index in [1.807, 2.05) is 36.5 Å². The second-order valence-corrected chi connectivity index (χ2v) is 4.44. The van der Waals surface area contributed by atoms with Crippen molar-refractivity contribution in [1.82, 2.24) is 10.3 Å². The molecule has 0 amide bonds. The van der Waals surface area contributed by atoms with Gasteiger partial charge in [-0.3, -0.25) is 4.98 Å². The standard InChI is InChI=1S/C16H20N2O2/c1-13-6-5-9-18-14(13)12-17-10-11-20-16-8-4-3-7-15(16)19-2/h3-9,17H,10-12H2,1-2H3. The second-order valence-electron chi connectivity index (χ2n) is 4.44. The van der Waals surface area contributed by atoms with Gasteiger partial charge in [0.2, 0.25) is 0 Å². The van der Waals surface area contributed by atoms with Crippen molar-refractivity contribution in [2.24, 2.45) is 0 Å². The van der Waals surface area contributed by atoms with Crippen molar-refractivity contribution < 1.29 is 9.47 Å². The van der Waals surface area contributed by atoms with Crippen LogP contribution in [0.25, 0.3) is 0 Å². The summed E-state index contributed by atoms with van der Waals surface area (Å²) in [5, 5.41) is 3.32. The first kappa shape index (κ1) is 14.3. The quantitative estimate of drug-likeness (QED) is 0.787. The van der Waals surface area contributed by atoms with Gasteiger partial charge < -0.3 is 14.8 Å². The van der Waals surface area contributed by atoms with Crippen LogP contribution < -0.4 is 14.8 Å². The summed E-state index contributed by atoms with van der Waals surface area (Å²) in [6.07, 6.45) is 1.81. The van der Waals surface area contributed by atoms with E-state index in [9.17, 15) is 0 Å². The first-order valence-corrected chi connectivity index (χ1v) is 6.68. The van der Waals surface area contributed by atoms with E-state index in [-0.39, 0.29) is 0 Å². The average molecular weight is 272 g/mol. The monoisotopic (exact) mass is 272 g/mol. The molecular formula is C16H20N2O2. The zero-order chi connectivity index (χ0) is 14.2. The minimum Gasteiger partial charge on any atom is -0.493 e. The summed E-state index contributed by atoms with van der Waals surface area (Å²) in [5.74, 6) is 1.53. The van der Waals surface area contributed by atoms with E-state index in [4.69, 9.17) is 9.47 Å². The molecule has 0 saturated carbocycles. The number of ether oxygens (including phenoxy) is 2. The van der Waals surface area contributed by atoms with Crippen molar-refractivity contribution in [3.63, 3.8) is 0 Å². The van der Waals surface area contributed by atoms with Crippen LogP contribution in [0, 0.1) is 6.92 Å². The Hall–Kier alpha value is -2.07. The van der Waals surface area contributed by atoms with Gasteiger partial charge in [-0.05, 0) is 30.7 Å². The smallest absolute Gasteiger partial charge is 0.161 e. The van der Waals surface area contributed by atoms with Crippen LogP contribution in [0.2, 0.25) is 0 Å². The first-order valence-electron chi connectivity index (χ1n) is 6.68. The highest BCUT2D eigenvalue weighted by molar-refractivity contribution is 5.39. The van der Waals surface area contributed by atoms with E-state index in [1.165, 1.54) is 5.56 Å². The molecule has 0 atom stereocenters. The molecule has 4 nitrogen and oxygen atoms in total. The number of rotatable bonds is 7. The van der Waals surface area contributed by atoms with Crippen molar-refractivity contribution in [3.8, 4) is 11.5 Å². The minimum absolute atomic E-state index is 0.590. The van der Waals surface area contributed by atoms with Crippen molar-refractivity contribution >= 4 is 0 Å². The third-order valence-corrected chi connectivity index (χ3v) is 3.02. The predicted molar refractivity (Wildman–Crippen MR) is 79.2 cm³/mol. The van der Waals surface area contributed by atoms with E-state index in [2.05, 4.69) is 23.3 Å². The van der Waals surface area contributed by atoms with Gasteiger partial charge in [-0.1, -0.05) is 18.2 Å². The summed E-state index contributed by atoms with van der Waals surface area (Å²) in [5.41, 5.74) is 2.27. The second kappa shape index (κ2) is 7.50. The van der Waals surface area contributed by atoms with Crippen molar-refractivity contribution in [3.05, 3.63) is 53.9 Å². The fraction of sp³-hybridized carbons (Fsp3) is 0.312. The van der Waals surface area contributed by atoms with Crippen LogP contribution in [-0.2, 0) is 6.54 Å². The average Bonchev–Trinajstić information content (AvgIpc) is 2.49. The molecule has 0 unspecified atom stereocenters. The zero-order valence-corrected chi connectivity index (χ0v) is 11.9. The number of pyridine rings is 1. The lowest BCUT2D eigenvalue weighted by Gasteiger charge is -2.11. The van der Waals surface area contributed by atoms with E-state index in [0.717, 1.165) is 30.3 Å². The number of nitrogens with one attached hydrogen (secondary N) is 1. The number of methoxy groups -OCH3 is 1. The van der Waals surface area contributed by atoms with Crippen LogP contribution >= 0.6 is 0 Å². The van der Waals surface area contributed by atoms with Crippen molar-refractivity contribution in [1.29, 1.82) is 0 Å². The molecule has 0 aliphatic heterocycles. The molecule has 1 aromatic carbocycles. The molecule has 1 aromatic heterocycles. The van der Waals surface area contributed by atoms with Gasteiger partial charge in [-0.15, -0.1) is 0 Å². The maximum atomic E-state index is 5.69. The highest BCUT2D eigenvalue weighted by Crippen LogP contribution is 2.25. The summed E-state index contributed by atoms with van der Waals surface area (Å²) in [6, 6.07) is 11.7. The molecule has 0 aliphatic rings. The molecule has 4 heteroatoms. The number of hydrogen-bond donors (Lipinski definition) is 1. The highest BCUT2D eigenvalue weighted by atomic mass is 16.5. The Labute approximate surface area is 119 Å². The topological polar surface area (TPSA) is 43.4 Å². The Morgan fingerprint density at radius 2 is 1.90 bits per heavy atom. The molecule has 1 heterocycles. The summed E-state index contributed by atoms with van der Waals surface area (Å²) in [4.78, 5) is 4.34. The Morgan fingerprint density at radius 3 is 2.65 bits per heavy atom. The molecule has 0 saturated heterocycles. The Kier molecular flexibility index (Phi) is 5.38. The maximum absolute atomic E-state index is 5.69. The van der Waals surface area contributed by atoms with Gasteiger partial charge in [0.1, 0.15) is 6.61 Å². The van der Waals surface area contributed by atoms with Crippen molar-refractivity contribution in [2.75, 3.05) is 20.3 Å². The molecule has 1 N–H and O–H groups in total. The summed E-state index contributed by atoms with van der Waals surface area (Å²) in [6.45, 7) is 4.16. The van der Waals surface area contributed by atoms with E-state index >= 15 is 0 Å². The van der Waals surface area contributed by atoms with E-state index in [1.54, 1.807) is 7.11 Å². The lowest BCUT2D eigenvalue weighted by atomic mass is 10.2. The molecule has 0 radical (unpaired) electrons. The molecule has 0 bridgehead atoms. The third-order valence-electron chi connectivity index (χ3n) is 3.02. The van der Waals surface area contributed by atoms with E-state index in [0.29, 0.717) is 6.61 Å². The maximum Gasteiger partial charge on any atom is 0.161 e. The van der Waals surface area contributed by atoms with Crippen LogP contribution in [0.4, 0.5) is 0 Å². The largest absolute Gasteiger partial charge is 0.493 e. The molecule has 0 fully saturated rings. The number of nitrogens with zero attached hydrogens (tertiary/aromatic N) is 1. The van der Waals surface area contributed by atoms with E-state index < -0.39 is 0 Å². The minimum atomic E-state index is 0.590. The van der Waals surface area contributed by atoms with Gasteiger partial charge in [0, 0.05) is 19.3 Å². The number of benzene rings is 1. The summed E-state index contributed by atoms with van der Waals surface area (Å²) < 4.78 is 10.9. The first-order chi connectivity index (χ1) is 9.81. The van der Waals surface area contributed by atoms with Gasteiger partial charge >= 0.3 is 0 Å². The molecule has 2 rings (SSSR count). The van der Waals surface area contributed by atoms with Crippen LogP contribution in [-0.4, -0.2) is 25.2 Å². The third kappa shape index (κ3) is 3.96. The molecule has 0 spiro atoms. The Balaban J connectivity index is 1.73. The molecule has 20 heavy (non-hydrogen) atoms. The number of para-hydroxylation sites is 2. The lowest BCUT2D eigenvalue weighted by Crippen LogP contribution is -2.21. The lowest BCUT2D eigenvalue weighted by molar-refractivity contribution is 0.292. The van der Waals surface area contributed by atoms with Crippen molar-refractivity contribution in [2.45, 2.75) is 13.5 Å². The molecule has 106 valence electrons. The van der Waals surface area contributed by atoms with Gasteiger partial charge in [-0.25, -0.2) is 0 Å². The Bertz CT molecular complexity index is 544. The highest BCUT2D eigenvalue weighted by Gasteiger charge is 2.02. The predicted octanol–water partition coefficient (Wildman–Crippen LogP) is 2.57. The van der Waals surface area contributed by atoms with Gasteiger partial charge in [0.05, 0.1) is 12.8 Å². The fourth-order valence-corrected chi connectivity index (χ4v) is 1.88. The number of aromatic nitrogens is 1. The summed E-state index contributed by atoms with van der Waals surface area (Å²) in [7, 11) is 1.64. The fourth-order valence-electron chi connectivity index (χ4n) is 1.88. The summed E-state index contributed by atoms with van der Waals surface area (Å²) >= 11 is 0. The van der Waals surface area contributed by atoms with Crippen LogP contribution in [0.3, 0.4) is 0 Å². The van der Waals surface area contributed by atoms with Gasteiger partial charge in [0.15, 0.2) is 11.5 Å². The SMILES string of the molecule is COc1ccccc1OCCNCc1ncccc1C. The number of aryl methyl sites for hydroxylation is 1. The normalized spacial score (nSPS) is 10.3. The van der Waals surface area contributed by atoms with Gasteiger partial charge in [0.25, 0.3) is 0 Å².